The van der Waals surface area contributed by atoms with Crippen LogP contribution >= 0.6 is 0 Å². The Morgan fingerprint density at radius 3 is 1.94 bits per heavy atom. The van der Waals surface area contributed by atoms with Gasteiger partial charge in [-0.15, -0.1) is 0 Å². The molecule has 1 heterocycles. The zero-order chi connectivity index (χ0) is 47.5. The minimum absolute atomic E-state index is 0.0391. The van der Waals surface area contributed by atoms with Gasteiger partial charge in [0.05, 0.1) is 30.4 Å². The first-order chi connectivity index (χ1) is 31.3. The second-order valence-electron chi connectivity index (χ2n) is 10.8. The van der Waals surface area contributed by atoms with Gasteiger partial charge < -0.3 is 9.64 Å². The van der Waals surface area contributed by atoms with Crippen molar-refractivity contribution in [1.29, 1.82) is 0 Å². The van der Waals surface area contributed by atoms with E-state index in [4.69, 9.17) is 21.2 Å². The minimum atomic E-state index is -0.882. The molecule has 8 aromatic rings. The molecule has 0 radical (unpaired) electrons. The fourth-order valence-corrected chi connectivity index (χ4v) is 5.90. The van der Waals surface area contributed by atoms with Gasteiger partial charge in [0.15, 0.2) is 0 Å². The van der Waals surface area contributed by atoms with E-state index in [1.807, 2.05) is 36.4 Å². The zero-order valence-electron chi connectivity index (χ0n) is 42.9. The van der Waals surface area contributed by atoms with Crippen LogP contribution in [0, 0.1) is 0 Å². The molecule has 0 N–H and O–H groups in total. The lowest BCUT2D eigenvalue weighted by atomic mass is 9.92. The largest absolute Gasteiger partial charge is 0.455 e. The molecule has 0 bridgehead atoms. The first kappa shape index (κ1) is 15.0. The van der Waals surface area contributed by atoms with Crippen LogP contribution in [0.4, 0.5) is 17.1 Å². The first-order valence-corrected chi connectivity index (χ1v) is 14.9. The average molecular weight is 632 g/mol. The molecule has 0 aromatic heterocycles. The first-order valence-electron chi connectivity index (χ1n) is 23.9. The van der Waals surface area contributed by atoms with Crippen LogP contribution in [0.15, 0.2) is 188 Å². The highest BCUT2D eigenvalue weighted by atomic mass is 16.5. The highest BCUT2D eigenvalue weighted by molar-refractivity contribution is 6.01. The van der Waals surface area contributed by atoms with E-state index in [9.17, 15) is 8.22 Å². The summed E-state index contributed by atoms with van der Waals surface area (Å²) in [5.41, 5.74) is -1.52. The predicted octanol–water partition coefficient (Wildman–Crippen LogP) is 13.1. The van der Waals surface area contributed by atoms with Gasteiger partial charge in [0, 0.05) is 33.5 Å². The van der Waals surface area contributed by atoms with Gasteiger partial charge in [-0.3, -0.25) is 0 Å². The van der Waals surface area contributed by atoms with Crippen LogP contribution in [0.1, 0.15) is 24.7 Å². The lowest BCUT2D eigenvalue weighted by Gasteiger charge is -2.29. The molecule has 0 saturated heterocycles. The van der Waals surface area contributed by atoms with E-state index in [1.54, 1.807) is 36.4 Å². The summed E-state index contributed by atoms with van der Waals surface area (Å²) in [7, 11) is 0. The Bertz CT molecular complexity index is 3380. The van der Waals surface area contributed by atoms with Gasteiger partial charge in [-0.1, -0.05) is 145 Å². The van der Waals surface area contributed by atoms with E-state index in [-0.39, 0.29) is 5.69 Å². The van der Waals surface area contributed by atoms with Gasteiger partial charge in [-0.25, -0.2) is 0 Å². The maximum atomic E-state index is 9.58. The maximum absolute atomic E-state index is 9.58. The fraction of sp³-hybridized carbons (Fsp3) is 0. The van der Waals surface area contributed by atoms with Crippen LogP contribution in [0.5, 0.6) is 11.5 Å². The number of rotatable bonds is 5. The van der Waals surface area contributed by atoms with Crippen LogP contribution in [0.3, 0.4) is 0 Å². The summed E-state index contributed by atoms with van der Waals surface area (Å²) < 4.78 is 166. The molecular weight excluding hydrogens is 583 g/mol. The van der Waals surface area contributed by atoms with Crippen LogP contribution in [0.2, 0.25) is 0 Å². The third-order valence-corrected chi connectivity index (χ3v) is 8.05. The van der Waals surface area contributed by atoms with E-state index in [1.165, 1.54) is 6.07 Å². The van der Waals surface area contributed by atoms with E-state index < -0.39 is 142 Å². The highest BCUT2D eigenvalue weighted by Crippen LogP contribution is 2.51. The van der Waals surface area contributed by atoms with Crippen molar-refractivity contribution in [3.8, 4) is 56.0 Å². The molecule has 2 heteroatoms. The number of ether oxygens (including phenoxy) is 1. The second-order valence-corrected chi connectivity index (χ2v) is 10.8. The molecule has 226 valence electrons. The number of anilines is 3. The van der Waals surface area contributed by atoms with Gasteiger partial charge in [-0.05, 0) is 75.6 Å². The van der Waals surface area contributed by atoms with Crippen molar-refractivity contribution in [2.75, 3.05) is 4.90 Å². The molecule has 0 aliphatic carbocycles. The summed E-state index contributed by atoms with van der Waals surface area (Å²) in [4.78, 5) is 1.01. The van der Waals surface area contributed by atoms with E-state index in [2.05, 4.69) is 0 Å². The van der Waals surface area contributed by atoms with Gasteiger partial charge in [0.1, 0.15) is 11.5 Å². The Kier molecular flexibility index (Phi) is 3.68. The Morgan fingerprint density at radius 2 is 1.10 bits per heavy atom. The lowest BCUT2D eigenvalue weighted by Crippen LogP contribution is -2.11. The molecule has 0 saturated carbocycles. The molecule has 2 nitrogen and oxygen atoms in total. The van der Waals surface area contributed by atoms with Crippen molar-refractivity contribution < 1.29 is 29.4 Å². The minimum Gasteiger partial charge on any atom is -0.455 e. The molecule has 1 aliphatic rings. The van der Waals surface area contributed by atoms with Crippen LogP contribution < -0.4 is 9.64 Å². The zero-order valence-corrected chi connectivity index (χ0v) is 24.9. The van der Waals surface area contributed by atoms with E-state index in [0.29, 0.717) is 33.8 Å². The van der Waals surface area contributed by atoms with Gasteiger partial charge >= 0.3 is 0 Å². The van der Waals surface area contributed by atoms with Crippen molar-refractivity contribution in [1.82, 2.24) is 0 Å². The van der Waals surface area contributed by atoms with E-state index >= 15 is 0 Å². The Balaban J connectivity index is 1.45. The van der Waals surface area contributed by atoms with Crippen LogP contribution in [-0.2, 0) is 0 Å². The molecular formula is C46H31NO. The summed E-state index contributed by atoms with van der Waals surface area (Å²) >= 11 is 0. The Labute approximate surface area is 306 Å². The average Bonchev–Trinajstić information content (AvgIpc) is 3.46. The van der Waals surface area contributed by atoms with Crippen molar-refractivity contribution in [2.45, 2.75) is 0 Å². The smallest absolute Gasteiger partial charge is 0.143 e. The van der Waals surface area contributed by atoms with E-state index in [0.717, 1.165) is 15.7 Å². The summed E-state index contributed by atoms with van der Waals surface area (Å²) in [5.74, 6) is 0.957. The second kappa shape index (κ2) is 11.8. The van der Waals surface area contributed by atoms with Crippen LogP contribution in [0.25, 0.3) is 55.3 Å². The number of benzene rings is 8. The highest BCUT2D eigenvalue weighted by Gasteiger charge is 2.25. The predicted molar refractivity (Wildman–Crippen MR) is 200 cm³/mol. The van der Waals surface area contributed by atoms with Crippen molar-refractivity contribution in [3.05, 3.63) is 188 Å². The molecule has 8 aromatic carbocycles. The van der Waals surface area contributed by atoms with Gasteiger partial charge in [-0.2, -0.15) is 0 Å². The van der Waals surface area contributed by atoms with Crippen molar-refractivity contribution >= 4 is 27.8 Å². The topological polar surface area (TPSA) is 12.5 Å². The number of hydrogen-bond donors (Lipinski definition) is 0. The molecule has 0 fully saturated rings. The molecule has 0 atom stereocenters. The lowest BCUT2D eigenvalue weighted by molar-refractivity contribution is 0.493. The quantitative estimate of drug-likeness (QED) is 0.187. The fourth-order valence-electron chi connectivity index (χ4n) is 5.90. The third-order valence-electron chi connectivity index (χ3n) is 8.05. The molecule has 0 spiro atoms. The summed E-state index contributed by atoms with van der Waals surface area (Å²) in [6, 6.07) is 8.34. The number of para-hydroxylation sites is 2. The number of hydrogen-bond acceptors (Lipinski definition) is 2. The third kappa shape index (κ3) is 4.83. The summed E-state index contributed by atoms with van der Waals surface area (Å²) in [5, 5.41) is 1.70. The molecule has 0 unspecified atom stereocenters. The normalized spacial score (nSPS) is 16.8. The molecule has 1 aliphatic heterocycles. The molecule has 0 amide bonds. The molecule has 48 heavy (non-hydrogen) atoms. The van der Waals surface area contributed by atoms with Crippen molar-refractivity contribution in [3.63, 3.8) is 0 Å². The summed E-state index contributed by atoms with van der Waals surface area (Å²) in [6.45, 7) is 0. The Morgan fingerprint density at radius 1 is 0.438 bits per heavy atom. The van der Waals surface area contributed by atoms with Crippen molar-refractivity contribution in [2.24, 2.45) is 0 Å². The number of nitrogens with zero attached hydrogens (tertiary/aromatic N) is 1. The number of fused-ring (bicyclic) bond motifs is 7. The Hall–Kier alpha value is -6.38. The summed E-state index contributed by atoms with van der Waals surface area (Å²) in [6.07, 6.45) is 0. The van der Waals surface area contributed by atoms with Gasteiger partial charge in [0.25, 0.3) is 0 Å². The monoisotopic (exact) mass is 631 g/mol. The van der Waals surface area contributed by atoms with Gasteiger partial charge in [0.2, 0.25) is 0 Å². The standard InChI is InChI=1S/C46H31NO/c1-3-13-32(14-4-1)33-23-26-36(27-24-33)47(44-21-11-9-18-38(44)34-15-5-2-6-16-34)37-28-30-40-42-29-25-35-17-7-8-19-39(35)46(42)48-45-22-12-10-20-41(45)43(40)31-37/h1-31H/i1D,2D,3D,4D,5D,6D,9D,11D,13D,14D,15D,16D,18D,21D,23D,24D,26D,27D. The van der Waals surface area contributed by atoms with Crippen LogP contribution in [-0.4, -0.2) is 0 Å². The SMILES string of the molecule is [2H]c1c([2H])c([2H])c(-c2c([2H])c([2H])c(N(c3ccc4c(c3)-c3ccccc3Oc3c-4ccc4ccccc34)c3c([2H])c([2H])c([2H])c([2H])c3-c3c([2H])c([2H])c([2H])c([2H])c3[2H])c([2H])c2[2H])c([2H])c1[2H]. The molecule has 9 rings (SSSR count). The maximum Gasteiger partial charge on any atom is 0.143 e.